The molecule has 2 heterocycles. The Morgan fingerprint density at radius 3 is 2.72 bits per heavy atom. The van der Waals surface area contributed by atoms with Crippen LogP contribution >= 0.6 is 0 Å². The molecule has 0 saturated heterocycles. The average Bonchev–Trinajstić information content (AvgIpc) is 2.61. The number of hydrogen-bond donors (Lipinski definition) is 1. The highest BCUT2D eigenvalue weighted by molar-refractivity contribution is 5.83. The minimum Gasteiger partial charge on any atom is -0.493 e. The van der Waals surface area contributed by atoms with E-state index < -0.39 is 17.2 Å². The fourth-order valence-corrected chi connectivity index (χ4v) is 2.55. The number of hydrogen-bond acceptors (Lipinski definition) is 5. The van der Waals surface area contributed by atoms with Crippen molar-refractivity contribution in [3.63, 3.8) is 0 Å². The van der Waals surface area contributed by atoms with E-state index in [-0.39, 0.29) is 24.1 Å². The number of aryl methyl sites for hydroxylation is 2. The van der Waals surface area contributed by atoms with Crippen molar-refractivity contribution in [3.05, 3.63) is 45.3 Å². The summed E-state index contributed by atoms with van der Waals surface area (Å²) < 4.78 is 7.80. The molecule has 0 unspecified atom stereocenters. The summed E-state index contributed by atoms with van der Waals surface area (Å²) in [6.45, 7) is 7.50. The van der Waals surface area contributed by atoms with Crippen molar-refractivity contribution in [1.29, 1.82) is 0 Å². The fourth-order valence-electron chi connectivity index (χ4n) is 2.55. The van der Waals surface area contributed by atoms with E-state index in [1.54, 1.807) is 6.20 Å². The summed E-state index contributed by atoms with van der Waals surface area (Å²) in [5.41, 5.74) is -0.185. The largest absolute Gasteiger partial charge is 0.493 e. The lowest BCUT2D eigenvalue weighted by Crippen LogP contribution is -2.43. The normalized spacial score (nSPS) is 10.7. The highest BCUT2D eigenvalue weighted by Crippen LogP contribution is 2.25. The lowest BCUT2D eigenvalue weighted by Gasteiger charge is -2.15. The standard InChI is InChI=1S/C17H22N4O4/c1-5-8-18-12(22)10-21-16(23)13-14(25-7-3)11(6-2)9-19-15(13)20(4)17(21)24/h5,9H,1,6-8,10H2,2-4H3,(H,18,22). The molecule has 0 aliphatic rings. The first-order chi connectivity index (χ1) is 12.0. The average molecular weight is 346 g/mol. The third-order valence-electron chi connectivity index (χ3n) is 3.79. The first kappa shape index (κ1) is 18.4. The van der Waals surface area contributed by atoms with Crippen LogP contribution < -0.4 is 21.3 Å². The number of carbonyl (C=O) groups is 1. The van der Waals surface area contributed by atoms with E-state index in [2.05, 4.69) is 16.9 Å². The molecule has 0 radical (unpaired) electrons. The van der Waals surface area contributed by atoms with E-state index in [1.165, 1.54) is 17.7 Å². The number of rotatable bonds is 7. The van der Waals surface area contributed by atoms with E-state index >= 15 is 0 Å². The van der Waals surface area contributed by atoms with Gasteiger partial charge in [0, 0.05) is 25.4 Å². The summed E-state index contributed by atoms with van der Waals surface area (Å²) in [7, 11) is 1.51. The Balaban J connectivity index is 2.74. The molecule has 134 valence electrons. The van der Waals surface area contributed by atoms with Gasteiger partial charge in [-0.25, -0.2) is 14.3 Å². The number of pyridine rings is 1. The van der Waals surface area contributed by atoms with Crippen molar-refractivity contribution in [2.45, 2.75) is 26.8 Å². The van der Waals surface area contributed by atoms with Crippen LogP contribution in [0.4, 0.5) is 0 Å². The highest BCUT2D eigenvalue weighted by atomic mass is 16.5. The van der Waals surface area contributed by atoms with Crippen molar-refractivity contribution < 1.29 is 9.53 Å². The van der Waals surface area contributed by atoms with Gasteiger partial charge >= 0.3 is 5.69 Å². The maximum Gasteiger partial charge on any atom is 0.332 e. The molecular formula is C17H22N4O4. The molecule has 2 aromatic heterocycles. The molecule has 1 N–H and O–H groups in total. The van der Waals surface area contributed by atoms with Gasteiger partial charge in [-0.3, -0.25) is 14.2 Å². The minimum absolute atomic E-state index is 0.208. The number of nitrogens with zero attached hydrogens (tertiary/aromatic N) is 3. The number of amides is 1. The molecular weight excluding hydrogens is 324 g/mol. The van der Waals surface area contributed by atoms with Crippen molar-refractivity contribution in [3.8, 4) is 5.75 Å². The predicted octanol–water partition coefficient (Wildman–Crippen LogP) is 0.358. The van der Waals surface area contributed by atoms with Gasteiger partial charge in [-0.1, -0.05) is 13.0 Å². The number of nitrogens with one attached hydrogen (secondary N) is 1. The van der Waals surface area contributed by atoms with Crippen molar-refractivity contribution in [1.82, 2.24) is 19.4 Å². The smallest absolute Gasteiger partial charge is 0.332 e. The summed E-state index contributed by atoms with van der Waals surface area (Å²) in [4.78, 5) is 41.6. The first-order valence-electron chi connectivity index (χ1n) is 8.07. The van der Waals surface area contributed by atoms with Crippen molar-refractivity contribution in [2.24, 2.45) is 7.05 Å². The molecule has 0 aliphatic heterocycles. The molecule has 0 aliphatic carbocycles. The SMILES string of the molecule is C=CCNC(=O)Cn1c(=O)c2c(OCC)c(CC)cnc2n(C)c1=O. The molecule has 2 aromatic rings. The highest BCUT2D eigenvalue weighted by Gasteiger charge is 2.20. The molecule has 8 heteroatoms. The first-order valence-corrected chi connectivity index (χ1v) is 8.07. The van der Waals surface area contributed by atoms with Crippen molar-refractivity contribution >= 4 is 16.9 Å². The molecule has 0 aromatic carbocycles. The minimum atomic E-state index is -0.606. The summed E-state index contributed by atoms with van der Waals surface area (Å²) in [5, 5.41) is 2.76. The Labute approximate surface area is 144 Å². The van der Waals surface area contributed by atoms with Crippen LogP contribution in [0.15, 0.2) is 28.4 Å². The van der Waals surface area contributed by atoms with Gasteiger partial charge in [0.1, 0.15) is 17.7 Å². The summed E-state index contributed by atoms with van der Waals surface area (Å²) in [6.07, 6.45) is 3.75. The summed E-state index contributed by atoms with van der Waals surface area (Å²) in [6, 6.07) is 0. The van der Waals surface area contributed by atoms with Gasteiger partial charge in [0.05, 0.1) is 6.61 Å². The predicted molar refractivity (Wildman–Crippen MR) is 95.0 cm³/mol. The Kier molecular flexibility index (Phi) is 5.74. The monoisotopic (exact) mass is 346 g/mol. The van der Waals surface area contributed by atoms with Crippen LogP contribution in [0.2, 0.25) is 0 Å². The lowest BCUT2D eigenvalue weighted by atomic mass is 10.1. The van der Waals surface area contributed by atoms with Crippen LogP contribution in [0.25, 0.3) is 11.0 Å². The molecule has 0 bridgehead atoms. The number of carbonyl (C=O) groups excluding carboxylic acids is 1. The van der Waals surface area contributed by atoms with Crippen LogP contribution in [-0.2, 0) is 24.8 Å². The molecule has 0 spiro atoms. The van der Waals surface area contributed by atoms with Crippen LogP contribution in [0.3, 0.4) is 0 Å². The quantitative estimate of drug-likeness (QED) is 0.730. The molecule has 0 fully saturated rings. The van der Waals surface area contributed by atoms with E-state index in [9.17, 15) is 14.4 Å². The molecule has 25 heavy (non-hydrogen) atoms. The number of aromatic nitrogens is 3. The second-order valence-electron chi connectivity index (χ2n) is 5.42. The van der Waals surface area contributed by atoms with Crippen LogP contribution in [0.5, 0.6) is 5.75 Å². The van der Waals surface area contributed by atoms with Gasteiger partial charge < -0.3 is 10.1 Å². The molecule has 0 atom stereocenters. The Morgan fingerprint density at radius 2 is 2.12 bits per heavy atom. The zero-order valence-electron chi connectivity index (χ0n) is 14.7. The summed E-state index contributed by atoms with van der Waals surface area (Å²) >= 11 is 0. The molecule has 0 saturated carbocycles. The van der Waals surface area contributed by atoms with Crippen LogP contribution in [0.1, 0.15) is 19.4 Å². The maximum atomic E-state index is 12.9. The third-order valence-corrected chi connectivity index (χ3v) is 3.79. The zero-order valence-corrected chi connectivity index (χ0v) is 14.7. The fraction of sp³-hybridized carbons (Fsp3) is 0.412. The van der Waals surface area contributed by atoms with E-state index in [0.29, 0.717) is 18.8 Å². The van der Waals surface area contributed by atoms with E-state index in [1.807, 2.05) is 13.8 Å². The Morgan fingerprint density at radius 1 is 1.40 bits per heavy atom. The third kappa shape index (κ3) is 3.47. The van der Waals surface area contributed by atoms with Gasteiger partial charge in [-0.2, -0.15) is 0 Å². The Bertz CT molecular complexity index is 927. The lowest BCUT2D eigenvalue weighted by molar-refractivity contribution is -0.121. The topological polar surface area (TPSA) is 95.2 Å². The number of ether oxygens (including phenoxy) is 1. The molecule has 8 nitrogen and oxygen atoms in total. The second kappa shape index (κ2) is 7.78. The van der Waals surface area contributed by atoms with Crippen molar-refractivity contribution in [2.75, 3.05) is 13.2 Å². The Hall–Kier alpha value is -2.90. The maximum absolute atomic E-state index is 12.9. The van der Waals surface area contributed by atoms with Crippen LogP contribution in [-0.4, -0.2) is 33.2 Å². The van der Waals surface area contributed by atoms with Crippen LogP contribution in [0, 0.1) is 0 Å². The zero-order chi connectivity index (χ0) is 18.6. The molecule has 2 rings (SSSR count). The van der Waals surface area contributed by atoms with Gasteiger partial charge in [0.25, 0.3) is 5.56 Å². The second-order valence-corrected chi connectivity index (χ2v) is 5.42. The van der Waals surface area contributed by atoms with E-state index in [4.69, 9.17) is 4.74 Å². The van der Waals surface area contributed by atoms with Gasteiger partial charge in [-0.05, 0) is 13.3 Å². The van der Waals surface area contributed by atoms with E-state index in [0.717, 1.165) is 10.1 Å². The molecule has 1 amide bonds. The van der Waals surface area contributed by atoms with Gasteiger partial charge in [-0.15, -0.1) is 6.58 Å². The number of fused-ring (bicyclic) bond motifs is 1. The van der Waals surface area contributed by atoms with Gasteiger partial charge in [0.2, 0.25) is 5.91 Å². The summed E-state index contributed by atoms with van der Waals surface area (Å²) in [5.74, 6) is -0.0353. The van der Waals surface area contributed by atoms with Gasteiger partial charge in [0.15, 0.2) is 5.65 Å².